The molecule has 0 fully saturated rings. The first kappa shape index (κ1) is 19.7. The highest BCUT2D eigenvalue weighted by atomic mass is 16.7. The molecule has 1 N–H and O–H groups in total. The van der Waals surface area contributed by atoms with Crippen LogP contribution in [0, 0.1) is 6.92 Å². The highest BCUT2D eigenvalue weighted by Crippen LogP contribution is 2.31. The van der Waals surface area contributed by atoms with Gasteiger partial charge in [-0.3, -0.25) is 14.9 Å². The molecule has 0 saturated carbocycles. The number of carbonyl (C=O) groups is 3. The first-order valence-electron chi connectivity index (χ1n) is 8.12. The molecule has 1 aliphatic rings. The summed E-state index contributed by atoms with van der Waals surface area (Å²) in [7, 11) is 1.49. The van der Waals surface area contributed by atoms with Crippen LogP contribution in [-0.4, -0.2) is 37.2 Å². The number of allylic oxidation sites excluding steroid dienone is 2. The molecule has 7 heteroatoms. The third kappa shape index (κ3) is 4.11. The molecule has 1 amide bonds. The minimum Gasteiger partial charge on any atom is -0.467 e. The van der Waals surface area contributed by atoms with E-state index in [0.717, 1.165) is 0 Å². The number of hydrogen-bond acceptors (Lipinski definition) is 6. The van der Waals surface area contributed by atoms with Gasteiger partial charge in [0, 0.05) is 23.8 Å². The average molecular weight is 361 g/mol. The summed E-state index contributed by atoms with van der Waals surface area (Å²) in [6.45, 7) is 8.41. The number of amides is 1. The number of ketones is 2. The molecule has 0 aromatic heterocycles. The maximum Gasteiger partial charge on any atom is 0.412 e. The van der Waals surface area contributed by atoms with Gasteiger partial charge in [-0.1, -0.05) is 0 Å². The molecule has 0 heterocycles. The predicted molar refractivity (Wildman–Crippen MR) is 94.4 cm³/mol. The van der Waals surface area contributed by atoms with Crippen molar-refractivity contribution in [3.8, 4) is 5.75 Å². The second-order valence-corrected chi connectivity index (χ2v) is 7.00. The van der Waals surface area contributed by atoms with Crippen molar-refractivity contribution < 1.29 is 28.6 Å². The summed E-state index contributed by atoms with van der Waals surface area (Å²) < 4.78 is 15.5. The smallest absolute Gasteiger partial charge is 0.412 e. The molecule has 0 aliphatic heterocycles. The Morgan fingerprint density at radius 2 is 1.69 bits per heavy atom. The van der Waals surface area contributed by atoms with Crippen molar-refractivity contribution in [1.82, 2.24) is 5.32 Å². The molecule has 0 bridgehead atoms. The van der Waals surface area contributed by atoms with Crippen LogP contribution in [0.1, 0.15) is 54.0 Å². The molecule has 0 saturated heterocycles. The first-order chi connectivity index (χ1) is 12.0. The lowest BCUT2D eigenvalue weighted by atomic mass is 9.86. The van der Waals surface area contributed by atoms with Gasteiger partial charge in [0.25, 0.3) is 0 Å². The molecule has 1 aromatic rings. The fourth-order valence-electron chi connectivity index (χ4n) is 2.52. The van der Waals surface area contributed by atoms with Gasteiger partial charge in [0.15, 0.2) is 12.6 Å². The van der Waals surface area contributed by atoms with Gasteiger partial charge in [0.2, 0.25) is 5.78 Å². The lowest BCUT2D eigenvalue weighted by molar-refractivity contribution is 0.0504. The number of rotatable bonds is 4. The number of Topliss-reactive ketones (excluding diaryl/α,β-unsaturated/α-hetero) is 2. The predicted octanol–water partition coefficient (Wildman–Crippen LogP) is 3.16. The molecule has 140 valence electrons. The zero-order valence-corrected chi connectivity index (χ0v) is 15.8. The maximum atomic E-state index is 12.8. The third-order valence-electron chi connectivity index (χ3n) is 3.71. The standard InChI is InChI=1S/C19H23NO6/c1-10-7-12-13(8-14(10)25-9-24-6)16(21)11(2)15(17(12)22)20-18(23)26-19(3,4)5/h7-8H,9H2,1-6H3,(H,20,23). The minimum atomic E-state index is -0.784. The Bertz CT molecular complexity index is 801. The minimum absolute atomic E-state index is 0.0298. The lowest BCUT2D eigenvalue weighted by Gasteiger charge is -2.23. The molecule has 1 aromatic carbocycles. The lowest BCUT2D eigenvalue weighted by Crippen LogP contribution is -2.37. The molecule has 1 aliphatic carbocycles. The van der Waals surface area contributed by atoms with E-state index in [4.69, 9.17) is 14.2 Å². The van der Waals surface area contributed by atoms with Crippen molar-refractivity contribution >= 4 is 17.7 Å². The summed E-state index contributed by atoms with van der Waals surface area (Å²) in [5.74, 6) is -0.333. The molecule has 26 heavy (non-hydrogen) atoms. The molecule has 0 spiro atoms. The van der Waals surface area contributed by atoms with E-state index in [2.05, 4.69) is 5.32 Å². The van der Waals surface area contributed by atoms with Crippen LogP contribution in [0.5, 0.6) is 5.75 Å². The number of ether oxygens (including phenoxy) is 3. The summed E-state index contributed by atoms with van der Waals surface area (Å²) in [6.07, 6.45) is -0.784. The van der Waals surface area contributed by atoms with Gasteiger partial charge in [-0.2, -0.15) is 0 Å². The van der Waals surface area contributed by atoms with Gasteiger partial charge < -0.3 is 14.2 Å². The quantitative estimate of drug-likeness (QED) is 0.829. The van der Waals surface area contributed by atoms with Crippen LogP contribution in [0.2, 0.25) is 0 Å². The fourth-order valence-corrected chi connectivity index (χ4v) is 2.52. The van der Waals surface area contributed by atoms with E-state index in [-0.39, 0.29) is 35.0 Å². The largest absolute Gasteiger partial charge is 0.467 e. The number of nitrogens with one attached hydrogen (secondary N) is 1. The molecule has 2 rings (SSSR count). The molecule has 0 radical (unpaired) electrons. The van der Waals surface area contributed by atoms with Crippen LogP contribution >= 0.6 is 0 Å². The maximum absolute atomic E-state index is 12.8. The Labute approximate surface area is 152 Å². The number of fused-ring (bicyclic) bond motifs is 1. The van der Waals surface area contributed by atoms with Crippen molar-refractivity contribution in [2.45, 2.75) is 40.2 Å². The number of alkyl carbamates (subject to hydrolysis) is 1. The zero-order chi connectivity index (χ0) is 19.6. The van der Waals surface area contributed by atoms with Gasteiger partial charge in [-0.05, 0) is 52.3 Å². The van der Waals surface area contributed by atoms with Crippen LogP contribution < -0.4 is 10.1 Å². The fraction of sp³-hybridized carbons (Fsp3) is 0.421. The number of aryl methyl sites for hydroxylation is 1. The topological polar surface area (TPSA) is 90.9 Å². The van der Waals surface area contributed by atoms with Crippen molar-refractivity contribution in [3.63, 3.8) is 0 Å². The monoisotopic (exact) mass is 361 g/mol. The molecular formula is C19H23NO6. The molecule has 0 unspecified atom stereocenters. The number of methoxy groups -OCH3 is 1. The van der Waals surface area contributed by atoms with E-state index in [1.165, 1.54) is 20.1 Å². The summed E-state index contributed by atoms with van der Waals surface area (Å²) in [6, 6.07) is 3.10. The summed E-state index contributed by atoms with van der Waals surface area (Å²) in [5, 5.41) is 2.41. The Balaban J connectivity index is 2.37. The zero-order valence-electron chi connectivity index (χ0n) is 15.8. The first-order valence-corrected chi connectivity index (χ1v) is 8.12. The molecule has 7 nitrogen and oxygen atoms in total. The summed E-state index contributed by atoms with van der Waals surface area (Å²) >= 11 is 0. The van der Waals surface area contributed by atoms with Gasteiger partial charge in [-0.15, -0.1) is 0 Å². The summed E-state index contributed by atoms with van der Waals surface area (Å²) in [4.78, 5) is 37.5. The van der Waals surface area contributed by atoms with Crippen LogP contribution in [0.3, 0.4) is 0 Å². The Kier molecular flexibility index (Phi) is 5.51. The number of carbonyl (C=O) groups excluding carboxylic acids is 3. The van der Waals surface area contributed by atoms with E-state index >= 15 is 0 Å². The number of hydrogen-bond donors (Lipinski definition) is 1. The van der Waals surface area contributed by atoms with Crippen LogP contribution in [0.4, 0.5) is 4.79 Å². The van der Waals surface area contributed by atoms with Gasteiger partial charge in [0.05, 0.1) is 5.70 Å². The second kappa shape index (κ2) is 7.29. The summed E-state index contributed by atoms with van der Waals surface area (Å²) in [5.41, 5.74) is 0.491. The van der Waals surface area contributed by atoms with Crippen LogP contribution in [0.15, 0.2) is 23.4 Å². The highest BCUT2D eigenvalue weighted by Gasteiger charge is 2.33. The van der Waals surface area contributed by atoms with Crippen LogP contribution in [0.25, 0.3) is 0 Å². The van der Waals surface area contributed by atoms with Crippen molar-refractivity contribution in [3.05, 3.63) is 40.1 Å². The van der Waals surface area contributed by atoms with E-state index in [1.807, 2.05) is 0 Å². The Morgan fingerprint density at radius 1 is 1.08 bits per heavy atom. The van der Waals surface area contributed by atoms with Gasteiger partial charge >= 0.3 is 6.09 Å². The Morgan fingerprint density at radius 3 is 2.27 bits per heavy atom. The third-order valence-corrected chi connectivity index (χ3v) is 3.71. The average Bonchev–Trinajstić information content (AvgIpc) is 2.53. The van der Waals surface area contributed by atoms with E-state index in [1.54, 1.807) is 33.8 Å². The van der Waals surface area contributed by atoms with Crippen molar-refractivity contribution in [2.24, 2.45) is 0 Å². The van der Waals surface area contributed by atoms with E-state index < -0.39 is 17.5 Å². The Hall–Kier alpha value is -2.67. The van der Waals surface area contributed by atoms with Gasteiger partial charge in [-0.25, -0.2) is 4.79 Å². The van der Waals surface area contributed by atoms with Crippen molar-refractivity contribution in [1.29, 1.82) is 0 Å². The SMILES string of the molecule is COCOc1cc2c(cc1C)C(=O)C(NC(=O)OC(C)(C)C)=C(C)C2=O. The number of benzene rings is 1. The normalized spacial score (nSPS) is 14.2. The highest BCUT2D eigenvalue weighted by molar-refractivity contribution is 6.27. The second-order valence-electron chi connectivity index (χ2n) is 7.00. The van der Waals surface area contributed by atoms with E-state index in [0.29, 0.717) is 11.3 Å². The molecular weight excluding hydrogens is 338 g/mol. The molecule has 0 atom stereocenters. The van der Waals surface area contributed by atoms with Crippen LogP contribution in [-0.2, 0) is 9.47 Å². The van der Waals surface area contributed by atoms with Gasteiger partial charge in [0.1, 0.15) is 11.4 Å². The van der Waals surface area contributed by atoms with Crippen molar-refractivity contribution in [2.75, 3.05) is 13.9 Å². The van der Waals surface area contributed by atoms with E-state index in [9.17, 15) is 14.4 Å².